The summed E-state index contributed by atoms with van der Waals surface area (Å²) in [6.45, 7) is 3.48. The summed E-state index contributed by atoms with van der Waals surface area (Å²) in [7, 11) is 0. The molecule has 0 heterocycles. The Labute approximate surface area is 87.3 Å². The first kappa shape index (κ1) is 10.9. The zero-order valence-electron chi connectivity index (χ0n) is 8.00. The zero-order chi connectivity index (χ0) is 10.7. The number of halogens is 1. The molecule has 0 unspecified atom stereocenters. The van der Waals surface area contributed by atoms with Crippen LogP contribution in [0.25, 0.3) is 0 Å². The fourth-order valence-electron chi connectivity index (χ4n) is 1.00. The number of rotatable bonds is 3. The maximum Gasteiger partial charge on any atom is 0.341 e. The third kappa shape index (κ3) is 2.64. The van der Waals surface area contributed by atoms with Crippen LogP contribution in [0.4, 0.5) is 0 Å². The van der Waals surface area contributed by atoms with Crippen molar-refractivity contribution in [3.8, 4) is 5.75 Å². The van der Waals surface area contributed by atoms with Crippen LogP contribution in [-0.4, -0.2) is 17.7 Å². The summed E-state index contributed by atoms with van der Waals surface area (Å²) >= 11 is 5.87. The molecule has 1 aromatic rings. The highest BCUT2D eigenvalue weighted by Crippen LogP contribution is 2.27. The fraction of sp³-hybridized carbons (Fsp3) is 0.300. The fourth-order valence-corrected chi connectivity index (χ4v) is 1.28. The Hall–Kier alpha value is -1.22. The van der Waals surface area contributed by atoms with E-state index in [1.54, 1.807) is 12.1 Å². The minimum absolute atomic E-state index is 0.373. The highest BCUT2D eigenvalue weighted by molar-refractivity contribution is 6.32. The van der Waals surface area contributed by atoms with Gasteiger partial charge in [0.2, 0.25) is 0 Å². The zero-order valence-corrected chi connectivity index (χ0v) is 8.76. The Bertz CT molecular complexity index is 361. The topological polar surface area (TPSA) is 46.5 Å². The number of aliphatic carboxylic acids is 1. The normalized spacial score (nSPS) is 9.93. The van der Waals surface area contributed by atoms with Crippen molar-refractivity contribution in [3.05, 3.63) is 28.3 Å². The average Bonchev–Trinajstić information content (AvgIpc) is 2.09. The van der Waals surface area contributed by atoms with E-state index in [4.69, 9.17) is 21.4 Å². The second-order valence-electron chi connectivity index (χ2n) is 3.05. The van der Waals surface area contributed by atoms with Crippen molar-refractivity contribution in [2.75, 3.05) is 6.61 Å². The van der Waals surface area contributed by atoms with Gasteiger partial charge in [-0.25, -0.2) is 4.79 Å². The summed E-state index contributed by atoms with van der Waals surface area (Å²) in [6, 6.07) is 3.49. The van der Waals surface area contributed by atoms with E-state index in [2.05, 4.69) is 0 Å². The molecule has 3 nitrogen and oxygen atoms in total. The number of carboxylic acids is 1. The van der Waals surface area contributed by atoms with Gasteiger partial charge in [-0.2, -0.15) is 0 Å². The highest BCUT2D eigenvalue weighted by atomic mass is 35.5. The van der Waals surface area contributed by atoms with Crippen LogP contribution < -0.4 is 4.74 Å². The van der Waals surface area contributed by atoms with Gasteiger partial charge in [0.15, 0.2) is 6.61 Å². The van der Waals surface area contributed by atoms with E-state index in [0.29, 0.717) is 10.8 Å². The van der Waals surface area contributed by atoms with Gasteiger partial charge in [-0.3, -0.25) is 0 Å². The molecule has 4 heteroatoms. The summed E-state index contributed by atoms with van der Waals surface area (Å²) in [4.78, 5) is 10.3. The third-order valence-corrected chi connectivity index (χ3v) is 2.19. The Morgan fingerprint density at radius 2 is 2.00 bits per heavy atom. The molecule has 0 aliphatic carbocycles. The Balaban J connectivity index is 2.87. The molecule has 1 rings (SSSR count). The van der Waals surface area contributed by atoms with Crippen molar-refractivity contribution < 1.29 is 14.6 Å². The maximum atomic E-state index is 10.3. The second kappa shape index (κ2) is 4.33. The van der Waals surface area contributed by atoms with Gasteiger partial charge in [0.1, 0.15) is 5.75 Å². The lowest BCUT2D eigenvalue weighted by molar-refractivity contribution is -0.139. The molecule has 0 radical (unpaired) electrons. The van der Waals surface area contributed by atoms with E-state index in [9.17, 15) is 4.79 Å². The minimum atomic E-state index is -1.01. The monoisotopic (exact) mass is 214 g/mol. The molecule has 0 spiro atoms. The minimum Gasteiger partial charge on any atom is -0.480 e. The molecule has 14 heavy (non-hydrogen) atoms. The average molecular weight is 215 g/mol. The Morgan fingerprint density at radius 3 is 2.57 bits per heavy atom. The molecule has 0 saturated carbocycles. The molecule has 1 N–H and O–H groups in total. The molecule has 0 saturated heterocycles. The van der Waals surface area contributed by atoms with E-state index >= 15 is 0 Å². The molecule has 0 aliphatic rings. The summed E-state index contributed by atoms with van der Waals surface area (Å²) in [5, 5.41) is 8.86. The van der Waals surface area contributed by atoms with E-state index < -0.39 is 5.97 Å². The SMILES string of the molecule is Cc1cc(Cl)c(OCC(=O)O)cc1C. The molecule has 0 aliphatic heterocycles. The summed E-state index contributed by atoms with van der Waals surface area (Å²) in [5.41, 5.74) is 2.08. The van der Waals surface area contributed by atoms with Crippen molar-refractivity contribution in [2.45, 2.75) is 13.8 Å². The van der Waals surface area contributed by atoms with Crippen LogP contribution in [0.1, 0.15) is 11.1 Å². The molecular weight excluding hydrogens is 204 g/mol. The molecular formula is C10H11ClO3. The summed E-state index contributed by atoms with van der Waals surface area (Å²) in [6.07, 6.45) is 0. The van der Waals surface area contributed by atoms with Crippen LogP contribution in [0.5, 0.6) is 5.75 Å². The van der Waals surface area contributed by atoms with Crippen molar-refractivity contribution in [1.29, 1.82) is 0 Å². The quantitative estimate of drug-likeness (QED) is 0.841. The van der Waals surface area contributed by atoms with Crippen LogP contribution in [0.15, 0.2) is 12.1 Å². The first-order valence-electron chi connectivity index (χ1n) is 4.12. The van der Waals surface area contributed by atoms with Gasteiger partial charge in [0.05, 0.1) is 5.02 Å². The van der Waals surface area contributed by atoms with Crippen molar-refractivity contribution in [2.24, 2.45) is 0 Å². The van der Waals surface area contributed by atoms with Crippen LogP contribution in [-0.2, 0) is 4.79 Å². The highest BCUT2D eigenvalue weighted by Gasteiger charge is 2.06. The summed E-state index contributed by atoms with van der Waals surface area (Å²) < 4.78 is 5.00. The van der Waals surface area contributed by atoms with Gasteiger partial charge in [-0.05, 0) is 37.1 Å². The van der Waals surface area contributed by atoms with E-state index in [1.807, 2.05) is 13.8 Å². The predicted octanol–water partition coefficient (Wildman–Crippen LogP) is 2.42. The van der Waals surface area contributed by atoms with Gasteiger partial charge >= 0.3 is 5.97 Å². The lowest BCUT2D eigenvalue weighted by Gasteiger charge is -2.08. The smallest absolute Gasteiger partial charge is 0.341 e. The van der Waals surface area contributed by atoms with Gasteiger partial charge in [-0.15, -0.1) is 0 Å². The van der Waals surface area contributed by atoms with Crippen LogP contribution in [0, 0.1) is 13.8 Å². The van der Waals surface area contributed by atoms with Gasteiger partial charge < -0.3 is 9.84 Å². The maximum absolute atomic E-state index is 10.3. The van der Waals surface area contributed by atoms with Crippen molar-refractivity contribution in [1.82, 2.24) is 0 Å². The Kier molecular flexibility index (Phi) is 3.36. The number of hydrogen-bond acceptors (Lipinski definition) is 2. The third-order valence-electron chi connectivity index (χ3n) is 1.90. The van der Waals surface area contributed by atoms with Crippen LogP contribution in [0.3, 0.4) is 0 Å². The predicted molar refractivity (Wildman–Crippen MR) is 54.1 cm³/mol. The van der Waals surface area contributed by atoms with Gasteiger partial charge in [-0.1, -0.05) is 11.6 Å². The largest absolute Gasteiger partial charge is 0.480 e. The van der Waals surface area contributed by atoms with Crippen LogP contribution in [0.2, 0.25) is 5.02 Å². The van der Waals surface area contributed by atoms with Crippen LogP contribution >= 0.6 is 11.6 Å². The summed E-state index contributed by atoms with van der Waals surface area (Å²) in [5.74, 6) is -0.600. The molecule has 76 valence electrons. The van der Waals surface area contributed by atoms with Gasteiger partial charge in [0, 0.05) is 0 Å². The molecule has 0 fully saturated rings. The molecule has 0 amide bonds. The van der Waals surface area contributed by atoms with E-state index in [0.717, 1.165) is 11.1 Å². The lowest BCUT2D eigenvalue weighted by Crippen LogP contribution is -2.09. The molecule has 0 bridgehead atoms. The Morgan fingerprint density at radius 1 is 1.43 bits per heavy atom. The molecule has 1 aromatic carbocycles. The first-order chi connectivity index (χ1) is 6.50. The number of benzene rings is 1. The lowest BCUT2D eigenvalue weighted by atomic mass is 10.1. The van der Waals surface area contributed by atoms with Gasteiger partial charge in [0.25, 0.3) is 0 Å². The molecule has 0 atom stereocenters. The number of aryl methyl sites for hydroxylation is 2. The second-order valence-corrected chi connectivity index (χ2v) is 3.46. The number of ether oxygens (including phenoxy) is 1. The van der Waals surface area contributed by atoms with Crippen molar-refractivity contribution in [3.63, 3.8) is 0 Å². The van der Waals surface area contributed by atoms with Crippen molar-refractivity contribution >= 4 is 17.6 Å². The number of carboxylic acid groups (broad SMARTS) is 1. The number of hydrogen-bond donors (Lipinski definition) is 1. The van der Waals surface area contributed by atoms with E-state index in [1.165, 1.54) is 0 Å². The standard InChI is InChI=1S/C10H11ClO3/c1-6-3-8(11)9(4-7(6)2)14-5-10(12)13/h3-4H,5H2,1-2H3,(H,12,13). The van der Waals surface area contributed by atoms with E-state index in [-0.39, 0.29) is 6.61 Å². The first-order valence-corrected chi connectivity index (χ1v) is 4.50. The molecule has 0 aromatic heterocycles. The number of carbonyl (C=O) groups is 1.